The highest BCUT2D eigenvalue weighted by molar-refractivity contribution is 5.71. The van der Waals surface area contributed by atoms with Crippen LogP contribution in [0.1, 0.15) is 11.1 Å². The molecule has 0 saturated heterocycles. The number of hydrogen-bond donors (Lipinski definition) is 2. The standard InChI is InChI=1S/C12H14N2O3/c1-6-4-8(9-5-10(13)14-17-9)7(2)12(16-3)11(6)15/h4-5,15H,1-3H3,(H2,13,14). The van der Waals surface area contributed by atoms with Gasteiger partial charge in [0.1, 0.15) is 0 Å². The lowest BCUT2D eigenvalue weighted by Gasteiger charge is -2.12. The number of nitrogens with two attached hydrogens (primary N) is 1. The second kappa shape index (κ2) is 4.01. The van der Waals surface area contributed by atoms with Crippen LogP contribution in [0.25, 0.3) is 11.3 Å². The number of rotatable bonds is 2. The first-order valence-electron chi connectivity index (χ1n) is 5.14. The van der Waals surface area contributed by atoms with Crippen LogP contribution in [0, 0.1) is 13.8 Å². The first-order chi connectivity index (χ1) is 8.04. The monoisotopic (exact) mass is 234 g/mol. The smallest absolute Gasteiger partial charge is 0.169 e. The van der Waals surface area contributed by atoms with Crippen molar-refractivity contribution in [1.29, 1.82) is 0 Å². The van der Waals surface area contributed by atoms with Crippen molar-refractivity contribution >= 4 is 5.82 Å². The number of phenols is 1. The zero-order valence-corrected chi connectivity index (χ0v) is 9.94. The van der Waals surface area contributed by atoms with E-state index in [0.717, 1.165) is 11.1 Å². The van der Waals surface area contributed by atoms with E-state index < -0.39 is 0 Å². The summed E-state index contributed by atoms with van der Waals surface area (Å²) in [5, 5.41) is 13.5. The number of aromatic hydroxyl groups is 1. The van der Waals surface area contributed by atoms with Crippen LogP contribution in [0.3, 0.4) is 0 Å². The van der Waals surface area contributed by atoms with Crippen LogP contribution in [-0.4, -0.2) is 17.4 Å². The molecule has 0 bridgehead atoms. The van der Waals surface area contributed by atoms with Crippen LogP contribution in [0.5, 0.6) is 11.5 Å². The molecule has 0 fully saturated rings. The maximum Gasteiger partial charge on any atom is 0.169 e. The van der Waals surface area contributed by atoms with E-state index in [2.05, 4.69) is 5.16 Å². The molecule has 17 heavy (non-hydrogen) atoms. The minimum atomic E-state index is 0.140. The number of nitrogen functional groups attached to an aromatic ring is 1. The molecule has 0 radical (unpaired) electrons. The third-order valence-electron chi connectivity index (χ3n) is 2.69. The van der Waals surface area contributed by atoms with Gasteiger partial charge in [-0.1, -0.05) is 5.16 Å². The lowest BCUT2D eigenvalue weighted by atomic mass is 10.0. The summed E-state index contributed by atoms with van der Waals surface area (Å²) in [6.45, 7) is 3.63. The van der Waals surface area contributed by atoms with Crippen LogP contribution >= 0.6 is 0 Å². The molecule has 0 aliphatic heterocycles. The molecule has 0 aliphatic rings. The number of anilines is 1. The number of ether oxygens (including phenoxy) is 1. The Kier molecular flexibility index (Phi) is 2.67. The van der Waals surface area contributed by atoms with Gasteiger partial charge in [0.25, 0.3) is 0 Å². The third kappa shape index (κ3) is 1.80. The maximum atomic E-state index is 9.86. The van der Waals surface area contributed by atoms with Crippen LogP contribution < -0.4 is 10.5 Å². The van der Waals surface area contributed by atoms with Gasteiger partial charge in [0.15, 0.2) is 23.1 Å². The van der Waals surface area contributed by atoms with E-state index in [4.69, 9.17) is 15.0 Å². The van der Waals surface area contributed by atoms with Crippen molar-refractivity contribution in [3.05, 3.63) is 23.3 Å². The zero-order valence-electron chi connectivity index (χ0n) is 9.94. The van der Waals surface area contributed by atoms with Crippen LogP contribution in [-0.2, 0) is 0 Å². The van der Waals surface area contributed by atoms with Gasteiger partial charge in [-0.2, -0.15) is 0 Å². The summed E-state index contributed by atoms with van der Waals surface area (Å²) in [6.07, 6.45) is 0. The fourth-order valence-corrected chi connectivity index (χ4v) is 1.79. The van der Waals surface area contributed by atoms with Crippen molar-refractivity contribution in [1.82, 2.24) is 5.16 Å². The molecule has 0 aliphatic carbocycles. The predicted molar refractivity (Wildman–Crippen MR) is 64.0 cm³/mol. The van der Waals surface area contributed by atoms with Gasteiger partial charge in [0, 0.05) is 17.2 Å². The summed E-state index contributed by atoms with van der Waals surface area (Å²) in [5.41, 5.74) is 7.82. The SMILES string of the molecule is COc1c(C)c(-c2cc(N)no2)cc(C)c1O. The van der Waals surface area contributed by atoms with E-state index in [0.29, 0.717) is 22.9 Å². The van der Waals surface area contributed by atoms with E-state index in [1.54, 1.807) is 13.0 Å². The Morgan fingerprint density at radius 2 is 2.06 bits per heavy atom. The van der Waals surface area contributed by atoms with E-state index in [9.17, 15) is 5.11 Å². The number of nitrogens with zero attached hydrogens (tertiary/aromatic N) is 1. The second-order valence-corrected chi connectivity index (χ2v) is 3.86. The van der Waals surface area contributed by atoms with Crippen LogP contribution in [0.4, 0.5) is 5.82 Å². The van der Waals surface area contributed by atoms with Gasteiger partial charge in [-0.25, -0.2) is 0 Å². The van der Waals surface area contributed by atoms with Crippen molar-refractivity contribution < 1.29 is 14.4 Å². The molecule has 1 heterocycles. The third-order valence-corrected chi connectivity index (χ3v) is 2.69. The fraction of sp³-hybridized carbons (Fsp3) is 0.250. The number of phenolic OH excluding ortho intramolecular Hbond substituents is 1. The molecule has 0 atom stereocenters. The zero-order chi connectivity index (χ0) is 12.6. The fourth-order valence-electron chi connectivity index (χ4n) is 1.79. The van der Waals surface area contributed by atoms with Gasteiger partial charge < -0.3 is 20.1 Å². The first-order valence-corrected chi connectivity index (χ1v) is 5.14. The first kappa shape index (κ1) is 11.3. The lowest BCUT2D eigenvalue weighted by Crippen LogP contribution is -1.93. The molecule has 5 nitrogen and oxygen atoms in total. The van der Waals surface area contributed by atoms with Crippen molar-refractivity contribution in [3.63, 3.8) is 0 Å². The van der Waals surface area contributed by atoms with E-state index in [1.165, 1.54) is 7.11 Å². The highest BCUT2D eigenvalue weighted by Crippen LogP contribution is 2.39. The highest BCUT2D eigenvalue weighted by Gasteiger charge is 2.17. The minimum absolute atomic E-state index is 0.140. The van der Waals surface area contributed by atoms with Gasteiger partial charge in [0.2, 0.25) is 0 Å². The van der Waals surface area contributed by atoms with Crippen molar-refractivity contribution in [2.24, 2.45) is 0 Å². The molecule has 5 heteroatoms. The number of benzene rings is 1. The average molecular weight is 234 g/mol. The van der Waals surface area contributed by atoms with E-state index in [-0.39, 0.29) is 5.75 Å². The predicted octanol–water partition coefficient (Wildman–Crippen LogP) is 2.25. The number of methoxy groups -OCH3 is 1. The Morgan fingerprint density at radius 3 is 2.59 bits per heavy atom. The number of aryl methyl sites for hydroxylation is 1. The van der Waals surface area contributed by atoms with Gasteiger partial charge in [-0.3, -0.25) is 0 Å². The molecule has 90 valence electrons. The number of hydrogen-bond acceptors (Lipinski definition) is 5. The molecule has 1 aromatic carbocycles. The average Bonchev–Trinajstić information content (AvgIpc) is 2.71. The summed E-state index contributed by atoms with van der Waals surface area (Å²) in [5.74, 6) is 1.46. The molecule has 2 rings (SSSR count). The Labute approximate surface area is 98.8 Å². The van der Waals surface area contributed by atoms with Crippen LogP contribution in [0.15, 0.2) is 16.7 Å². The summed E-state index contributed by atoms with van der Waals surface area (Å²) in [6, 6.07) is 3.45. The molecule has 2 aromatic rings. The largest absolute Gasteiger partial charge is 0.504 e. The molecule has 0 unspecified atom stereocenters. The maximum absolute atomic E-state index is 9.86. The molecule has 0 amide bonds. The molecular formula is C12H14N2O3. The molecule has 1 aromatic heterocycles. The quantitative estimate of drug-likeness (QED) is 0.832. The Morgan fingerprint density at radius 1 is 1.35 bits per heavy atom. The van der Waals surface area contributed by atoms with E-state index >= 15 is 0 Å². The van der Waals surface area contributed by atoms with Crippen molar-refractivity contribution in [2.45, 2.75) is 13.8 Å². The molecule has 3 N–H and O–H groups in total. The topological polar surface area (TPSA) is 81.5 Å². The lowest BCUT2D eigenvalue weighted by molar-refractivity contribution is 0.369. The van der Waals surface area contributed by atoms with Gasteiger partial charge >= 0.3 is 0 Å². The number of aromatic nitrogens is 1. The Hall–Kier alpha value is -2.17. The van der Waals surface area contributed by atoms with Crippen molar-refractivity contribution in [2.75, 3.05) is 12.8 Å². The Bertz CT molecular complexity index is 561. The summed E-state index contributed by atoms with van der Waals surface area (Å²) < 4.78 is 10.3. The Balaban J connectivity index is 2.67. The van der Waals surface area contributed by atoms with Gasteiger partial charge in [0.05, 0.1) is 7.11 Å². The summed E-state index contributed by atoms with van der Waals surface area (Å²) >= 11 is 0. The van der Waals surface area contributed by atoms with E-state index in [1.807, 2.05) is 13.0 Å². The molecular weight excluding hydrogens is 220 g/mol. The molecule has 0 spiro atoms. The summed E-state index contributed by atoms with van der Waals surface area (Å²) in [4.78, 5) is 0. The highest BCUT2D eigenvalue weighted by atomic mass is 16.5. The molecule has 0 saturated carbocycles. The van der Waals surface area contributed by atoms with Crippen LogP contribution in [0.2, 0.25) is 0 Å². The van der Waals surface area contributed by atoms with Gasteiger partial charge in [-0.05, 0) is 25.5 Å². The minimum Gasteiger partial charge on any atom is -0.504 e. The van der Waals surface area contributed by atoms with Crippen molar-refractivity contribution in [3.8, 4) is 22.8 Å². The second-order valence-electron chi connectivity index (χ2n) is 3.86. The normalized spacial score (nSPS) is 10.5. The summed E-state index contributed by atoms with van der Waals surface area (Å²) in [7, 11) is 1.51. The van der Waals surface area contributed by atoms with Gasteiger partial charge in [-0.15, -0.1) is 0 Å².